The van der Waals surface area contributed by atoms with Gasteiger partial charge in [-0.3, -0.25) is 9.59 Å². The Kier molecular flexibility index (Phi) is 5.97. The van der Waals surface area contributed by atoms with E-state index in [-0.39, 0.29) is 18.4 Å². The lowest BCUT2D eigenvalue weighted by Crippen LogP contribution is -2.61. The summed E-state index contributed by atoms with van der Waals surface area (Å²) in [5, 5.41) is 4.78. The van der Waals surface area contributed by atoms with Gasteiger partial charge in [-0.15, -0.1) is 11.3 Å². The molecule has 2 heterocycles. The summed E-state index contributed by atoms with van der Waals surface area (Å²) in [6, 6.07) is 21.5. The minimum Gasteiger partial charge on any atom is -0.361 e. The normalized spacial score (nSPS) is 18.8. The molecule has 1 aliphatic rings. The molecule has 0 bridgehead atoms. The molecule has 1 N–H and O–H groups in total. The SMILES string of the molecule is CNC(=O)[C@]1(Cc2ccc(-c3cccs3)cc2)CN(C(=O)c2ccccc2)CCO1. The van der Waals surface area contributed by atoms with Gasteiger partial charge in [0.05, 0.1) is 13.2 Å². The average molecular weight is 421 g/mol. The molecule has 0 unspecified atom stereocenters. The summed E-state index contributed by atoms with van der Waals surface area (Å²) >= 11 is 1.69. The van der Waals surface area contributed by atoms with Crippen molar-refractivity contribution >= 4 is 23.2 Å². The van der Waals surface area contributed by atoms with Crippen molar-refractivity contribution in [1.82, 2.24) is 10.2 Å². The summed E-state index contributed by atoms with van der Waals surface area (Å²) in [6.45, 7) is 0.996. The van der Waals surface area contributed by atoms with Crippen LogP contribution in [0.15, 0.2) is 72.1 Å². The molecule has 2 aromatic carbocycles. The molecule has 0 saturated carbocycles. The van der Waals surface area contributed by atoms with E-state index < -0.39 is 5.60 Å². The molecule has 2 amide bonds. The van der Waals surface area contributed by atoms with Gasteiger partial charge in [0.15, 0.2) is 5.60 Å². The number of rotatable bonds is 5. The van der Waals surface area contributed by atoms with Crippen molar-refractivity contribution in [3.05, 3.63) is 83.2 Å². The summed E-state index contributed by atoms with van der Waals surface area (Å²) in [5.74, 6) is -0.296. The first-order valence-electron chi connectivity index (χ1n) is 9.94. The third-order valence-corrected chi connectivity index (χ3v) is 6.30. The molecule has 0 aliphatic carbocycles. The highest BCUT2D eigenvalue weighted by atomic mass is 32.1. The van der Waals surface area contributed by atoms with E-state index in [1.165, 1.54) is 4.88 Å². The Morgan fingerprint density at radius 2 is 1.83 bits per heavy atom. The molecule has 1 aromatic heterocycles. The molecule has 30 heavy (non-hydrogen) atoms. The topological polar surface area (TPSA) is 58.6 Å². The average Bonchev–Trinajstić information content (AvgIpc) is 3.34. The Bertz CT molecular complexity index is 1000. The second-order valence-corrected chi connectivity index (χ2v) is 8.31. The predicted octanol–water partition coefficient (Wildman–Crippen LogP) is 3.62. The Hall–Kier alpha value is -2.96. The van der Waals surface area contributed by atoms with Crippen molar-refractivity contribution in [2.75, 3.05) is 26.7 Å². The Balaban J connectivity index is 1.56. The second kappa shape index (κ2) is 8.81. The van der Waals surface area contributed by atoms with Crippen LogP contribution in [0.25, 0.3) is 10.4 Å². The number of hydrogen-bond donors (Lipinski definition) is 1. The van der Waals surface area contributed by atoms with Crippen molar-refractivity contribution in [2.45, 2.75) is 12.0 Å². The number of nitrogens with zero attached hydrogens (tertiary/aromatic N) is 1. The first-order chi connectivity index (χ1) is 14.6. The molecule has 0 radical (unpaired) electrons. The van der Waals surface area contributed by atoms with Crippen LogP contribution in [-0.2, 0) is 16.0 Å². The number of thiophene rings is 1. The van der Waals surface area contributed by atoms with Crippen LogP contribution in [0.5, 0.6) is 0 Å². The number of benzene rings is 2. The van der Waals surface area contributed by atoms with Crippen LogP contribution in [0.3, 0.4) is 0 Å². The summed E-state index contributed by atoms with van der Waals surface area (Å²) < 4.78 is 6.04. The van der Waals surface area contributed by atoms with Gasteiger partial charge in [0.1, 0.15) is 0 Å². The lowest BCUT2D eigenvalue weighted by molar-refractivity contribution is -0.156. The van der Waals surface area contributed by atoms with Gasteiger partial charge in [-0.2, -0.15) is 0 Å². The van der Waals surface area contributed by atoms with E-state index >= 15 is 0 Å². The first-order valence-corrected chi connectivity index (χ1v) is 10.8. The summed E-state index contributed by atoms with van der Waals surface area (Å²) in [5.41, 5.74) is 1.65. The zero-order chi connectivity index (χ0) is 21.0. The van der Waals surface area contributed by atoms with E-state index in [2.05, 4.69) is 28.9 Å². The molecular formula is C24H24N2O3S. The molecule has 1 fully saturated rings. The maximum atomic E-state index is 13.0. The minimum absolute atomic E-state index is 0.0831. The maximum absolute atomic E-state index is 13.0. The van der Waals surface area contributed by atoms with Gasteiger partial charge in [-0.25, -0.2) is 0 Å². The van der Waals surface area contributed by atoms with Gasteiger partial charge in [-0.1, -0.05) is 48.5 Å². The van der Waals surface area contributed by atoms with Gasteiger partial charge < -0.3 is 15.0 Å². The fraction of sp³-hybridized carbons (Fsp3) is 0.250. The highest BCUT2D eigenvalue weighted by Gasteiger charge is 2.44. The van der Waals surface area contributed by atoms with Gasteiger partial charge >= 0.3 is 0 Å². The van der Waals surface area contributed by atoms with Crippen molar-refractivity contribution in [2.24, 2.45) is 0 Å². The third kappa shape index (κ3) is 4.15. The number of carbonyl (C=O) groups excluding carboxylic acids is 2. The van der Waals surface area contributed by atoms with E-state index in [0.717, 1.165) is 11.1 Å². The van der Waals surface area contributed by atoms with E-state index in [0.29, 0.717) is 25.1 Å². The number of ether oxygens (including phenoxy) is 1. The van der Waals surface area contributed by atoms with Crippen molar-refractivity contribution in [3.8, 4) is 10.4 Å². The highest BCUT2D eigenvalue weighted by molar-refractivity contribution is 7.13. The summed E-state index contributed by atoms with van der Waals surface area (Å²) in [7, 11) is 1.60. The molecule has 6 heteroatoms. The quantitative estimate of drug-likeness (QED) is 0.686. The third-order valence-electron chi connectivity index (χ3n) is 5.38. The molecule has 4 rings (SSSR count). The molecule has 154 valence electrons. The van der Waals surface area contributed by atoms with Crippen molar-refractivity contribution in [1.29, 1.82) is 0 Å². The fourth-order valence-corrected chi connectivity index (χ4v) is 4.57. The monoisotopic (exact) mass is 420 g/mol. The highest BCUT2D eigenvalue weighted by Crippen LogP contribution is 2.28. The first kappa shape index (κ1) is 20.3. The minimum atomic E-state index is -1.11. The molecule has 0 spiro atoms. The van der Waals surface area contributed by atoms with Crippen LogP contribution in [0.1, 0.15) is 15.9 Å². The van der Waals surface area contributed by atoms with Gasteiger partial charge in [0.2, 0.25) is 0 Å². The molecular weight excluding hydrogens is 396 g/mol. The van der Waals surface area contributed by atoms with Gasteiger partial charge in [0.25, 0.3) is 11.8 Å². The van der Waals surface area contributed by atoms with Crippen LogP contribution in [-0.4, -0.2) is 49.1 Å². The van der Waals surface area contributed by atoms with E-state index in [4.69, 9.17) is 4.74 Å². The fourth-order valence-electron chi connectivity index (χ4n) is 3.83. The zero-order valence-electron chi connectivity index (χ0n) is 16.8. The standard InChI is InChI=1S/C24H24N2O3S/c1-25-23(28)24(16-18-9-11-19(12-10-18)21-8-5-15-30-21)17-26(13-14-29-24)22(27)20-6-3-2-4-7-20/h2-12,15H,13-14,16-17H2,1H3,(H,25,28)/t24-/m0/s1. The van der Waals surface area contributed by atoms with Crippen LogP contribution < -0.4 is 5.32 Å². The number of carbonyl (C=O) groups is 2. The Labute approximate surface area is 180 Å². The number of nitrogens with one attached hydrogen (secondary N) is 1. The van der Waals surface area contributed by atoms with Crippen LogP contribution >= 0.6 is 11.3 Å². The van der Waals surface area contributed by atoms with Gasteiger partial charge in [0, 0.05) is 30.5 Å². The second-order valence-electron chi connectivity index (χ2n) is 7.37. The summed E-state index contributed by atoms with van der Waals surface area (Å²) in [4.78, 5) is 28.8. The Morgan fingerprint density at radius 1 is 1.07 bits per heavy atom. The smallest absolute Gasteiger partial charge is 0.254 e. The molecule has 1 aliphatic heterocycles. The lowest BCUT2D eigenvalue weighted by atomic mass is 9.90. The molecule has 1 atom stereocenters. The lowest BCUT2D eigenvalue weighted by Gasteiger charge is -2.41. The van der Waals surface area contributed by atoms with Crippen molar-refractivity contribution < 1.29 is 14.3 Å². The summed E-state index contributed by atoms with van der Waals surface area (Å²) in [6.07, 6.45) is 0.399. The van der Waals surface area contributed by atoms with Gasteiger partial charge in [-0.05, 0) is 34.7 Å². The molecule has 3 aromatic rings. The van der Waals surface area contributed by atoms with Crippen LogP contribution in [0.4, 0.5) is 0 Å². The Morgan fingerprint density at radius 3 is 2.50 bits per heavy atom. The van der Waals surface area contributed by atoms with Crippen LogP contribution in [0.2, 0.25) is 0 Å². The number of morpholine rings is 1. The van der Waals surface area contributed by atoms with E-state index in [1.807, 2.05) is 36.4 Å². The maximum Gasteiger partial charge on any atom is 0.254 e. The predicted molar refractivity (Wildman–Crippen MR) is 119 cm³/mol. The number of likely N-dealkylation sites (N-methyl/N-ethyl adjacent to an activating group) is 1. The molecule has 5 nitrogen and oxygen atoms in total. The largest absolute Gasteiger partial charge is 0.361 e. The zero-order valence-corrected chi connectivity index (χ0v) is 17.7. The number of hydrogen-bond acceptors (Lipinski definition) is 4. The number of amides is 2. The van der Waals surface area contributed by atoms with E-state index in [9.17, 15) is 9.59 Å². The van der Waals surface area contributed by atoms with E-state index in [1.54, 1.807) is 35.4 Å². The van der Waals surface area contributed by atoms with Crippen LogP contribution in [0, 0.1) is 0 Å². The van der Waals surface area contributed by atoms with Crippen molar-refractivity contribution in [3.63, 3.8) is 0 Å². The molecule has 1 saturated heterocycles.